The third kappa shape index (κ3) is 2.05. The number of hydrogen-bond acceptors (Lipinski definition) is 4. The van der Waals surface area contributed by atoms with Gasteiger partial charge in [0, 0.05) is 18.9 Å². The molecule has 0 saturated carbocycles. The van der Waals surface area contributed by atoms with E-state index in [0.717, 1.165) is 35.0 Å². The molecular weight excluding hydrogens is 252 g/mol. The van der Waals surface area contributed by atoms with Crippen molar-refractivity contribution in [1.29, 1.82) is 0 Å². The predicted molar refractivity (Wildman–Crippen MR) is 78.0 cm³/mol. The topological polar surface area (TPSA) is 46.6 Å². The van der Waals surface area contributed by atoms with Crippen molar-refractivity contribution in [1.82, 2.24) is 14.5 Å². The molecular formula is C15H18N4O. The van der Waals surface area contributed by atoms with Crippen molar-refractivity contribution in [3.63, 3.8) is 0 Å². The molecule has 0 radical (unpaired) electrons. The molecule has 104 valence electrons. The lowest BCUT2D eigenvalue weighted by Crippen LogP contribution is -2.17. The van der Waals surface area contributed by atoms with Gasteiger partial charge in [-0.25, -0.2) is 4.98 Å². The number of fused-ring (bicyclic) bond motifs is 1. The first-order valence-electron chi connectivity index (χ1n) is 6.64. The summed E-state index contributed by atoms with van der Waals surface area (Å²) in [7, 11) is 2.03. The molecule has 0 amide bonds. The number of anilines is 1. The van der Waals surface area contributed by atoms with E-state index in [9.17, 15) is 0 Å². The van der Waals surface area contributed by atoms with E-state index in [0.29, 0.717) is 0 Å². The molecule has 3 rings (SSSR count). The van der Waals surface area contributed by atoms with E-state index >= 15 is 0 Å². The zero-order valence-corrected chi connectivity index (χ0v) is 12.2. The zero-order valence-electron chi connectivity index (χ0n) is 12.2. The summed E-state index contributed by atoms with van der Waals surface area (Å²) in [6, 6.07) is 6.13. The number of rotatable bonds is 3. The number of pyridine rings is 1. The minimum atomic E-state index is 0.726. The molecule has 0 bridgehead atoms. The standard InChI is InChI=1S/C15H18N4O/c1-10-6-5-7-14-16-13(9-19(10)14)8-18(4)15-11(2)17-20-12(15)3/h5-7,9H,8H2,1-4H3. The van der Waals surface area contributed by atoms with Crippen LogP contribution in [0.2, 0.25) is 0 Å². The summed E-state index contributed by atoms with van der Waals surface area (Å²) in [5, 5.41) is 3.99. The lowest BCUT2D eigenvalue weighted by molar-refractivity contribution is 0.393. The summed E-state index contributed by atoms with van der Waals surface area (Å²) in [5.74, 6) is 0.838. The Hall–Kier alpha value is -2.30. The highest BCUT2D eigenvalue weighted by Gasteiger charge is 2.15. The normalized spacial score (nSPS) is 11.2. The fourth-order valence-electron chi connectivity index (χ4n) is 2.62. The summed E-state index contributed by atoms with van der Waals surface area (Å²) in [6.07, 6.45) is 2.08. The summed E-state index contributed by atoms with van der Waals surface area (Å²) in [6.45, 7) is 6.69. The first-order chi connectivity index (χ1) is 9.56. The van der Waals surface area contributed by atoms with Gasteiger partial charge in [-0.05, 0) is 32.9 Å². The van der Waals surface area contributed by atoms with E-state index in [1.54, 1.807) is 0 Å². The van der Waals surface area contributed by atoms with Crippen molar-refractivity contribution in [2.24, 2.45) is 0 Å². The molecule has 0 aliphatic rings. The minimum absolute atomic E-state index is 0.726. The highest BCUT2D eigenvalue weighted by atomic mass is 16.5. The van der Waals surface area contributed by atoms with Crippen LogP contribution in [0.15, 0.2) is 28.9 Å². The number of nitrogens with zero attached hydrogens (tertiary/aromatic N) is 4. The fraction of sp³-hybridized carbons (Fsp3) is 0.333. The first-order valence-corrected chi connectivity index (χ1v) is 6.64. The molecule has 0 atom stereocenters. The Morgan fingerprint density at radius 1 is 1.25 bits per heavy atom. The van der Waals surface area contributed by atoms with Crippen molar-refractivity contribution in [3.05, 3.63) is 47.2 Å². The van der Waals surface area contributed by atoms with Crippen LogP contribution in [0.25, 0.3) is 5.65 Å². The van der Waals surface area contributed by atoms with Gasteiger partial charge in [0.25, 0.3) is 0 Å². The summed E-state index contributed by atoms with van der Waals surface area (Å²) in [5.41, 5.74) is 5.14. The van der Waals surface area contributed by atoms with Gasteiger partial charge in [-0.2, -0.15) is 0 Å². The van der Waals surface area contributed by atoms with Crippen LogP contribution in [0.1, 0.15) is 22.8 Å². The second kappa shape index (κ2) is 4.67. The molecule has 0 aromatic carbocycles. The molecule has 0 N–H and O–H groups in total. The monoisotopic (exact) mass is 270 g/mol. The average Bonchev–Trinajstić information content (AvgIpc) is 2.94. The van der Waals surface area contributed by atoms with Crippen molar-refractivity contribution < 1.29 is 4.52 Å². The number of hydrogen-bond donors (Lipinski definition) is 0. The van der Waals surface area contributed by atoms with Crippen molar-refractivity contribution >= 4 is 11.3 Å². The fourth-order valence-corrected chi connectivity index (χ4v) is 2.62. The van der Waals surface area contributed by atoms with Crippen LogP contribution in [-0.2, 0) is 6.54 Å². The molecule has 3 aromatic rings. The number of aromatic nitrogens is 3. The van der Waals surface area contributed by atoms with Gasteiger partial charge in [-0.15, -0.1) is 0 Å². The molecule has 0 saturated heterocycles. The Morgan fingerprint density at radius 3 is 2.70 bits per heavy atom. The second-order valence-electron chi connectivity index (χ2n) is 5.16. The van der Waals surface area contributed by atoms with Gasteiger partial charge < -0.3 is 13.8 Å². The lowest BCUT2D eigenvalue weighted by Gasteiger charge is -2.16. The SMILES string of the molecule is Cc1noc(C)c1N(C)Cc1cn2c(C)cccc2n1. The maximum Gasteiger partial charge on any atom is 0.157 e. The quantitative estimate of drug-likeness (QED) is 0.734. The van der Waals surface area contributed by atoms with Crippen LogP contribution in [-0.4, -0.2) is 21.6 Å². The van der Waals surface area contributed by atoms with Gasteiger partial charge >= 0.3 is 0 Å². The Balaban J connectivity index is 1.91. The highest BCUT2D eigenvalue weighted by Crippen LogP contribution is 2.24. The summed E-state index contributed by atoms with van der Waals surface area (Å²) < 4.78 is 7.32. The average molecular weight is 270 g/mol. The van der Waals surface area contributed by atoms with E-state index in [1.807, 2.05) is 33.0 Å². The van der Waals surface area contributed by atoms with Gasteiger partial charge in [0.2, 0.25) is 0 Å². The molecule has 0 fully saturated rings. The summed E-state index contributed by atoms with van der Waals surface area (Å²) in [4.78, 5) is 6.78. The molecule has 5 nitrogen and oxygen atoms in total. The van der Waals surface area contributed by atoms with Gasteiger partial charge in [0.1, 0.15) is 17.0 Å². The van der Waals surface area contributed by atoms with Gasteiger partial charge in [0.05, 0.1) is 12.2 Å². The van der Waals surface area contributed by atoms with Gasteiger partial charge in [0.15, 0.2) is 5.76 Å². The third-order valence-corrected chi connectivity index (χ3v) is 3.52. The molecule has 3 heterocycles. The Labute approximate surface area is 117 Å². The van der Waals surface area contributed by atoms with Crippen LogP contribution in [0.4, 0.5) is 5.69 Å². The first kappa shape index (κ1) is 12.7. The van der Waals surface area contributed by atoms with Crippen molar-refractivity contribution in [2.75, 3.05) is 11.9 Å². The number of aryl methyl sites for hydroxylation is 3. The molecule has 5 heteroatoms. The van der Waals surface area contributed by atoms with Crippen LogP contribution in [0.5, 0.6) is 0 Å². The van der Waals surface area contributed by atoms with Crippen LogP contribution >= 0.6 is 0 Å². The molecule has 0 unspecified atom stereocenters. The van der Waals surface area contributed by atoms with E-state index in [4.69, 9.17) is 4.52 Å². The summed E-state index contributed by atoms with van der Waals surface area (Å²) >= 11 is 0. The van der Waals surface area contributed by atoms with Crippen molar-refractivity contribution in [2.45, 2.75) is 27.3 Å². The molecule has 20 heavy (non-hydrogen) atoms. The lowest BCUT2D eigenvalue weighted by atomic mass is 10.3. The second-order valence-corrected chi connectivity index (χ2v) is 5.16. The molecule has 3 aromatic heterocycles. The molecule has 0 spiro atoms. The Kier molecular flexibility index (Phi) is 2.97. The van der Waals surface area contributed by atoms with Gasteiger partial charge in [-0.3, -0.25) is 0 Å². The zero-order chi connectivity index (χ0) is 14.3. The van der Waals surface area contributed by atoms with Gasteiger partial charge in [-0.1, -0.05) is 11.2 Å². The van der Waals surface area contributed by atoms with Crippen LogP contribution in [0.3, 0.4) is 0 Å². The van der Waals surface area contributed by atoms with E-state index < -0.39 is 0 Å². The van der Waals surface area contributed by atoms with Crippen LogP contribution < -0.4 is 4.90 Å². The van der Waals surface area contributed by atoms with E-state index in [-0.39, 0.29) is 0 Å². The van der Waals surface area contributed by atoms with Crippen molar-refractivity contribution in [3.8, 4) is 0 Å². The Bertz CT molecular complexity index is 737. The largest absolute Gasteiger partial charge is 0.364 e. The smallest absolute Gasteiger partial charge is 0.157 e. The van der Waals surface area contributed by atoms with E-state index in [1.165, 1.54) is 5.69 Å². The molecule has 0 aliphatic carbocycles. The molecule has 0 aliphatic heterocycles. The minimum Gasteiger partial charge on any atom is -0.364 e. The Morgan fingerprint density at radius 2 is 2.05 bits per heavy atom. The number of imidazole rings is 1. The van der Waals surface area contributed by atoms with E-state index in [2.05, 4.69) is 38.6 Å². The highest BCUT2D eigenvalue weighted by molar-refractivity contribution is 5.52. The maximum atomic E-state index is 5.21. The third-order valence-electron chi connectivity index (χ3n) is 3.52. The maximum absolute atomic E-state index is 5.21. The van der Waals surface area contributed by atoms with Crippen LogP contribution in [0, 0.1) is 20.8 Å². The predicted octanol–water partition coefficient (Wildman–Crippen LogP) is 2.88.